The highest BCUT2D eigenvalue weighted by atomic mass is 32.2. The molecule has 1 fully saturated rings. The van der Waals surface area contributed by atoms with Crippen molar-refractivity contribution >= 4 is 46.0 Å². The Morgan fingerprint density at radius 3 is 2.79 bits per heavy atom. The lowest BCUT2D eigenvalue weighted by Gasteiger charge is -2.24. The molecule has 1 N–H and O–H groups in total. The molecule has 2 aromatic heterocycles. The van der Waals surface area contributed by atoms with Gasteiger partial charge in [0.05, 0.1) is 27.4 Å². The van der Waals surface area contributed by atoms with Gasteiger partial charge in [-0.05, 0) is 31.5 Å². The molecule has 1 aliphatic heterocycles. The summed E-state index contributed by atoms with van der Waals surface area (Å²) < 4.78 is 5.54. The van der Waals surface area contributed by atoms with Gasteiger partial charge in [-0.1, -0.05) is 35.9 Å². The summed E-state index contributed by atoms with van der Waals surface area (Å²) in [6, 6.07) is 13.3. The summed E-state index contributed by atoms with van der Waals surface area (Å²) in [5.74, 6) is 1.51. The zero-order valence-electron chi connectivity index (χ0n) is 19.1. The summed E-state index contributed by atoms with van der Waals surface area (Å²) >= 11 is 3.21. The Balaban J connectivity index is 1.34. The number of oxazole rings is 1. The average Bonchev–Trinajstić information content (AvgIpc) is 3.53. The molecule has 0 spiro atoms. The van der Waals surface area contributed by atoms with E-state index in [9.17, 15) is 9.59 Å². The highest BCUT2D eigenvalue weighted by Crippen LogP contribution is 2.33. The van der Waals surface area contributed by atoms with Crippen LogP contribution in [0.5, 0.6) is 0 Å². The molecule has 1 saturated heterocycles. The Hall–Kier alpha value is -3.17. The van der Waals surface area contributed by atoms with Crippen LogP contribution >= 0.6 is 23.1 Å². The third-order valence-electron chi connectivity index (χ3n) is 5.73. The highest BCUT2D eigenvalue weighted by molar-refractivity contribution is 7.99. The molecule has 3 heterocycles. The summed E-state index contributed by atoms with van der Waals surface area (Å²) in [5.41, 5.74) is 4.22. The zero-order valence-corrected chi connectivity index (χ0v) is 20.8. The minimum atomic E-state index is -0.229. The third kappa shape index (κ3) is 4.33. The molecule has 1 atom stereocenters. The maximum atomic E-state index is 13.6. The molecule has 7 nitrogen and oxygen atoms in total. The molecule has 0 bridgehead atoms. The van der Waals surface area contributed by atoms with Crippen molar-refractivity contribution in [2.24, 2.45) is 0 Å². The summed E-state index contributed by atoms with van der Waals surface area (Å²) in [5, 5.41) is 3.85. The Morgan fingerprint density at radius 1 is 1.15 bits per heavy atom. The predicted octanol–water partition coefficient (Wildman–Crippen LogP) is 4.82. The van der Waals surface area contributed by atoms with Crippen molar-refractivity contribution in [1.29, 1.82) is 0 Å². The Labute approximate surface area is 205 Å². The molecule has 0 radical (unpaired) electrons. The van der Waals surface area contributed by atoms with E-state index in [-0.39, 0.29) is 17.9 Å². The van der Waals surface area contributed by atoms with Gasteiger partial charge in [-0.15, -0.1) is 23.1 Å². The molecule has 4 aromatic rings. The van der Waals surface area contributed by atoms with E-state index < -0.39 is 0 Å². The quantitative estimate of drug-likeness (QED) is 0.430. The van der Waals surface area contributed by atoms with Gasteiger partial charge in [0.15, 0.2) is 11.5 Å². The monoisotopic (exact) mass is 492 g/mol. The maximum Gasteiger partial charge on any atom is 0.275 e. The van der Waals surface area contributed by atoms with Gasteiger partial charge >= 0.3 is 0 Å². The summed E-state index contributed by atoms with van der Waals surface area (Å²) in [6.45, 7) is 6.07. The van der Waals surface area contributed by atoms with Gasteiger partial charge in [0, 0.05) is 19.2 Å². The van der Waals surface area contributed by atoms with Crippen LogP contribution in [0, 0.1) is 20.8 Å². The van der Waals surface area contributed by atoms with E-state index in [2.05, 4.69) is 21.4 Å². The van der Waals surface area contributed by atoms with Crippen LogP contribution in [0.3, 0.4) is 0 Å². The SMILES string of the molecule is Cc1cccc(-c2sc(C)nc2C(=O)N2CSC[C@H]2CNC(=O)c2cccc3oc(C)nc23)c1. The lowest BCUT2D eigenvalue weighted by atomic mass is 10.1. The number of thioether (sulfide) groups is 1. The van der Waals surface area contributed by atoms with Gasteiger partial charge in [-0.2, -0.15) is 0 Å². The van der Waals surface area contributed by atoms with Crippen molar-refractivity contribution in [3.63, 3.8) is 0 Å². The van der Waals surface area contributed by atoms with E-state index in [1.54, 1.807) is 36.9 Å². The van der Waals surface area contributed by atoms with E-state index in [0.29, 0.717) is 40.7 Å². The smallest absolute Gasteiger partial charge is 0.275 e. The molecule has 5 rings (SSSR count). The van der Waals surface area contributed by atoms with Gasteiger partial charge < -0.3 is 14.6 Å². The van der Waals surface area contributed by atoms with Crippen LogP contribution in [0.25, 0.3) is 21.5 Å². The standard InChI is InChI=1S/C25H24N4O3S2/c1-14-6-4-7-17(10-14)23-22(28-16(3)34-23)25(31)29-13-33-12-18(29)11-26-24(30)19-8-5-9-20-21(19)27-15(2)32-20/h4-10,18H,11-13H2,1-3H3,(H,26,30)/t18-/m1/s1. The second kappa shape index (κ2) is 9.23. The molecule has 0 aliphatic carbocycles. The van der Waals surface area contributed by atoms with Crippen molar-refractivity contribution in [3.8, 4) is 10.4 Å². The summed E-state index contributed by atoms with van der Waals surface area (Å²) in [7, 11) is 0. The number of aromatic nitrogens is 2. The molecule has 0 saturated carbocycles. The van der Waals surface area contributed by atoms with Crippen LogP contribution in [0.2, 0.25) is 0 Å². The number of fused-ring (bicyclic) bond motifs is 1. The molecule has 9 heteroatoms. The zero-order chi connectivity index (χ0) is 23.8. The fourth-order valence-electron chi connectivity index (χ4n) is 4.11. The first-order valence-corrected chi connectivity index (χ1v) is 13.0. The first-order chi connectivity index (χ1) is 16.4. The largest absolute Gasteiger partial charge is 0.441 e. The average molecular weight is 493 g/mol. The van der Waals surface area contributed by atoms with Crippen LogP contribution < -0.4 is 5.32 Å². The van der Waals surface area contributed by atoms with Crippen LogP contribution in [-0.4, -0.2) is 50.9 Å². The van der Waals surface area contributed by atoms with E-state index >= 15 is 0 Å². The van der Waals surface area contributed by atoms with Crippen LogP contribution in [0.4, 0.5) is 0 Å². The molecule has 1 aliphatic rings. The van der Waals surface area contributed by atoms with Crippen molar-refractivity contribution < 1.29 is 14.0 Å². The number of thiazole rings is 1. The highest BCUT2D eigenvalue weighted by Gasteiger charge is 2.33. The van der Waals surface area contributed by atoms with E-state index in [1.165, 1.54) is 11.3 Å². The molecule has 34 heavy (non-hydrogen) atoms. The first kappa shape index (κ1) is 22.6. The molecule has 174 valence electrons. The molecular formula is C25H24N4O3S2. The van der Waals surface area contributed by atoms with Gasteiger partial charge in [0.2, 0.25) is 0 Å². The number of amides is 2. The van der Waals surface area contributed by atoms with E-state index in [1.807, 2.05) is 36.9 Å². The topological polar surface area (TPSA) is 88.3 Å². The Bertz CT molecular complexity index is 1390. The number of hydrogen-bond donors (Lipinski definition) is 1. The number of rotatable bonds is 5. The first-order valence-electron chi connectivity index (χ1n) is 11.0. The molecule has 2 aromatic carbocycles. The second-order valence-electron chi connectivity index (χ2n) is 8.30. The normalized spacial score (nSPS) is 15.7. The molecule has 2 amide bonds. The number of nitrogens with zero attached hydrogens (tertiary/aromatic N) is 3. The fourth-order valence-corrected chi connectivity index (χ4v) is 6.22. The minimum absolute atomic E-state index is 0.0978. The maximum absolute atomic E-state index is 13.6. The van der Waals surface area contributed by atoms with Gasteiger partial charge in [-0.3, -0.25) is 9.59 Å². The van der Waals surface area contributed by atoms with Crippen molar-refractivity contribution in [1.82, 2.24) is 20.2 Å². The van der Waals surface area contributed by atoms with Gasteiger partial charge in [-0.25, -0.2) is 9.97 Å². The third-order valence-corrected chi connectivity index (χ3v) is 7.83. The van der Waals surface area contributed by atoms with Crippen LogP contribution in [-0.2, 0) is 0 Å². The lowest BCUT2D eigenvalue weighted by Crippen LogP contribution is -2.44. The van der Waals surface area contributed by atoms with E-state index in [4.69, 9.17) is 4.42 Å². The lowest BCUT2D eigenvalue weighted by molar-refractivity contribution is 0.0732. The van der Waals surface area contributed by atoms with Crippen molar-refractivity contribution in [2.45, 2.75) is 26.8 Å². The van der Waals surface area contributed by atoms with Crippen molar-refractivity contribution in [3.05, 3.63) is 70.2 Å². The summed E-state index contributed by atoms with van der Waals surface area (Å²) in [6.07, 6.45) is 0. The number of carbonyl (C=O) groups is 2. The number of para-hydroxylation sites is 1. The van der Waals surface area contributed by atoms with Crippen LogP contribution in [0.15, 0.2) is 46.9 Å². The number of benzene rings is 2. The number of carbonyl (C=O) groups excluding carboxylic acids is 2. The predicted molar refractivity (Wildman–Crippen MR) is 135 cm³/mol. The van der Waals surface area contributed by atoms with Gasteiger partial charge in [0.25, 0.3) is 11.8 Å². The van der Waals surface area contributed by atoms with Crippen LogP contribution in [0.1, 0.15) is 37.3 Å². The Morgan fingerprint density at radius 2 is 1.97 bits per heavy atom. The second-order valence-corrected chi connectivity index (χ2v) is 10.5. The minimum Gasteiger partial charge on any atom is -0.441 e. The molecular weight excluding hydrogens is 468 g/mol. The number of aryl methyl sites for hydroxylation is 3. The molecule has 0 unspecified atom stereocenters. The number of nitrogens with one attached hydrogen (secondary N) is 1. The number of hydrogen-bond acceptors (Lipinski definition) is 7. The van der Waals surface area contributed by atoms with Gasteiger partial charge in [0.1, 0.15) is 11.2 Å². The van der Waals surface area contributed by atoms with Crippen molar-refractivity contribution in [2.75, 3.05) is 18.2 Å². The fraction of sp³-hybridized carbons (Fsp3) is 0.280. The summed E-state index contributed by atoms with van der Waals surface area (Å²) in [4.78, 5) is 38.1. The van der Waals surface area contributed by atoms with E-state index in [0.717, 1.165) is 26.8 Å². The Kier molecular flexibility index (Phi) is 6.14.